The van der Waals surface area contributed by atoms with Crippen LogP contribution < -0.4 is 41.5 Å². The van der Waals surface area contributed by atoms with Crippen molar-refractivity contribution in [2.45, 2.75) is 0 Å². The zero-order chi connectivity index (χ0) is 37.6. The van der Waals surface area contributed by atoms with E-state index in [1.807, 2.05) is 97.1 Å². The molecule has 0 aliphatic heterocycles. The van der Waals surface area contributed by atoms with Crippen LogP contribution in [0.2, 0.25) is 0 Å². The van der Waals surface area contributed by atoms with Crippen molar-refractivity contribution in [1.29, 1.82) is 0 Å². The van der Waals surface area contributed by atoms with E-state index in [2.05, 4.69) is 146 Å². The lowest BCUT2D eigenvalue weighted by molar-refractivity contribution is 0.535. The van der Waals surface area contributed by atoms with E-state index in [9.17, 15) is 9.59 Å². The maximum absolute atomic E-state index is 14.7. The van der Waals surface area contributed by atoms with Crippen LogP contribution in [0.5, 0.6) is 0 Å². The molecule has 0 radical (unpaired) electrons. The van der Waals surface area contributed by atoms with Gasteiger partial charge in [0.25, 0.3) is 31.3 Å². The predicted molar refractivity (Wildman–Crippen MR) is 237 cm³/mol. The summed E-state index contributed by atoms with van der Waals surface area (Å²) in [5.74, 6) is 0. The van der Waals surface area contributed by atoms with Crippen LogP contribution in [-0.4, -0.2) is 40.9 Å². The molecule has 8 aromatic carbocycles. The van der Waals surface area contributed by atoms with E-state index in [1.165, 1.54) is 0 Å². The lowest BCUT2D eigenvalue weighted by Gasteiger charge is -2.53. The molecule has 8 rings (SSSR count). The lowest BCUT2D eigenvalue weighted by Crippen LogP contribution is -2.95. The number of benzene rings is 8. The van der Waals surface area contributed by atoms with Gasteiger partial charge in [0.1, 0.15) is 0 Å². The lowest BCUT2D eigenvalue weighted by atomic mass is 10.4. The second kappa shape index (κ2) is 15.7. The van der Waals surface area contributed by atoms with Crippen LogP contribution in [0, 0.1) is 0 Å². The Morgan fingerprint density at radius 2 is 0.364 bits per heavy atom. The van der Waals surface area contributed by atoms with Gasteiger partial charge in [-0.15, -0.1) is 0 Å². The Labute approximate surface area is 327 Å². The molecule has 268 valence electrons. The summed E-state index contributed by atoms with van der Waals surface area (Å²) >= 11 is 0. The first kappa shape index (κ1) is 36.5. The van der Waals surface area contributed by atoms with Crippen LogP contribution in [0.4, 0.5) is 0 Å². The Bertz CT molecular complexity index is 2080. The highest BCUT2D eigenvalue weighted by Crippen LogP contribution is 2.30. The molecule has 0 aliphatic carbocycles. The fraction of sp³-hybridized carbons (Fsp3) is 0. The van der Waals surface area contributed by atoms with Crippen LogP contribution >= 0.6 is 0 Å². The Morgan fingerprint density at radius 1 is 0.218 bits per heavy atom. The molecule has 0 bridgehead atoms. The Hall–Kier alpha value is -5.49. The second-order valence-electron chi connectivity index (χ2n) is 13.8. The number of hydrogen-bond acceptors (Lipinski definition) is 3. The fourth-order valence-electron chi connectivity index (χ4n) is 8.34. The highest BCUT2D eigenvalue weighted by atomic mass is 29.3. The predicted octanol–water partition coefficient (Wildman–Crippen LogP) is 4.18. The fourth-order valence-corrected chi connectivity index (χ4v) is 43.4. The molecule has 7 heteroatoms. The van der Waals surface area contributed by atoms with Gasteiger partial charge in [-0.1, -0.05) is 243 Å². The molecule has 0 fully saturated rings. The van der Waals surface area contributed by atoms with Crippen LogP contribution in [0.1, 0.15) is 0 Å². The average molecular weight is 779 g/mol. The summed E-state index contributed by atoms with van der Waals surface area (Å²) in [5, 5.41) is 7.22. The molecular weight excluding hydrogens is 737 g/mol. The Balaban J connectivity index is 1.63. The minimum atomic E-state index is -4.06. The third-order valence-electron chi connectivity index (χ3n) is 10.8. The summed E-state index contributed by atoms with van der Waals surface area (Å²) in [7, 11) is -16.2. The standard InChI is InChI=1S/C48H42O3Si4/c49-52(41-25-9-1-10-26-41,42-27-11-2-12-28-42)54(45-33-17-5-18-34-45,46-35-19-6-20-36-46)51-55(47-37-21-7-22-38-47,48-39-23-8-24-40-48)53(50,43-29-13-3-14-30-43)44-31-15-4-16-32-44/h1-40,49-50H. The molecule has 0 aromatic heterocycles. The smallest absolute Gasteiger partial charge is 0.279 e. The van der Waals surface area contributed by atoms with E-state index in [4.69, 9.17) is 4.12 Å². The van der Waals surface area contributed by atoms with E-state index >= 15 is 0 Å². The monoisotopic (exact) mass is 778 g/mol. The second-order valence-corrected chi connectivity index (χ2v) is 33.4. The highest BCUT2D eigenvalue weighted by Gasteiger charge is 2.71. The molecule has 55 heavy (non-hydrogen) atoms. The first-order valence-corrected chi connectivity index (χ1v) is 28.4. The molecule has 0 atom stereocenters. The summed E-state index contributed by atoms with van der Waals surface area (Å²) in [6, 6.07) is 82.4. The van der Waals surface area contributed by atoms with Gasteiger partial charge in [0.2, 0.25) is 0 Å². The third-order valence-corrected chi connectivity index (χ3v) is 39.4. The van der Waals surface area contributed by atoms with Crippen molar-refractivity contribution in [2.75, 3.05) is 0 Å². The van der Waals surface area contributed by atoms with Crippen molar-refractivity contribution in [3.8, 4) is 0 Å². The van der Waals surface area contributed by atoms with E-state index in [0.717, 1.165) is 41.5 Å². The first-order chi connectivity index (χ1) is 27.0. The van der Waals surface area contributed by atoms with Crippen molar-refractivity contribution in [2.24, 2.45) is 0 Å². The van der Waals surface area contributed by atoms with Gasteiger partial charge in [0.15, 0.2) is 0 Å². The SMILES string of the molecule is O[Si](c1ccccc1)(c1ccccc1)[Si](O[Si](c1ccccc1)(c1ccccc1)[Si](O)(c1ccccc1)c1ccccc1)(c1ccccc1)c1ccccc1. The number of rotatable bonds is 12. The minimum Gasteiger partial charge on any atom is -0.442 e. The van der Waals surface area contributed by atoms with Crippen LogP contribution in [0.15, 0.2) is 243 Å². The van der Waals surface area contributed by atoms with Gasteiger partial charge in [-0.2, -0.15) is 0 Å². The summed E-state index contributed by atoms with van der Waals surface area (Å²) in [6.45, 7) is 0. The normalized spacial score (nSPS) is 12.3. The van der Waals surface area contributed by atoms with Crippen molar-refractivity contribution >= 4 is 72.8 Å². The Morgan fingerprint density at radius 3 is 0.527 bits per heavy atom. The average Bonchev–Trinajstić information content (AvgIpc) is 3.29. The highest BCUT2D eigenvalue weighted by molar-refractivity contribution is 7.61. The number of hydrogen-bond donors (Lipinski definition) is 2. The molecular formula is C48H42O3Si4. The summed E-state index contributed by atoms with van der Waals surface area (Å²) in [6.07, 6.45) is 0. The molecule has 0 saturated carbocycles. The Kier molecular flexibility index (Phi) is 10.4. The van der Waals surface area contributed by atoms with Gasteiger partial charge in [0, 0.05) is 0 Å². The van der Waals surface area contributed by atoms with Gasteiger partial charge in [-0.25, -0.2) is 0 Å². The van der Waals surface area contributed by atoms with Crippen molar-refractivity contribution in [1.82, 2.24) is 0 Å². The maximum atomic E-state index is 14.7. The van der Waals surface area contributed by atoms with Gasteiger partial charge in [-0.3, -0.25) is 0 Å². The summed E-state index contributed by atoms with van der Waals surface area (Å²) < 4.78 is 8.82. The van der Waals surface area contributed by atoms with Gasteiger partial charge >= 0.3 is 0 Å². The van der Waals surface area contributed by atoms with Crippen LogP contribution in [0.3, 0.4) is 0 Å². The quantitative estimate of drug-likeness (QED) is 0.183. The van der Waals surface area contributed by atoms with E-state index < -0.39 is 31.3 Å². The third kappa shape index (κ3) is 6.16. The van der Waals surface area contributed by atoms with Crippen LogP contribution in [-0.2, 0) is 4.12 Å². The molecule has 0 spiro atoms. The molecule has 0 amide bonds. The maximum Gasteiger partial charge on any atom is 0.279 e. The topological polar surface area (TPSA) is 49.7 Å². The largest absolute Gasteiger partial charge is 0.442 e. The summed E-state index contributed by atoms with van der Waals surface area (Å²) in [5.41, 5.74) is 0. The first-order valence-electron chi connectivity index (χ1n) is 18.6. The zero-order valence-electron chi connectivity index (χ0n) is 30.4. The zero-order valence-corrected chi connectivity index (χ0v) is 34.4. The van der Waals surface area contributed by atoms with Gasteiger partial charge in [-0.05, 0) is 41.5 Å². The van der Waals surface area contributed by atoms with Crippen molar-refractivity contribution in [3.63, 3.8) is 0 Å². The summed E-state index contributed by atoms with van der Waals surface area (Å²) in [4.78, 5) is 29.3. The van der Waals surface area contributed by atoms with Crippen molar-refractivity contribution in [3.05, 3.63) is 243 Å². The molecule has 3 nitrogen and oxygen atoms in total. The van der Waals surface area contributed by atoms with Crippen molar-refractivity contribution < 1.29 is 13.7 Å². The molecule has 0 heterocycles. The molecule has 0 aliphatic rings. The van der Waals surface area contributed by atoms with Gasteiger partial charge in [0.05, 0.1) is 0 Å². The molecule has 8 aromatic rings. The van der Waals surface area contributed by atoms with E-state index in [0.29, 0.717) is 0 Å². The molecule has 2 N–H and O–H groups in total. The molecule has 0 unspecified atom stereocenters. The molecule has 0 saturated heterocycles. The van der Waals surface area contributed by atoms with E-state index in [1.54, 1.807) is 0 Å². The van der Waals surface area contributed by atoms with Gasteiger partial charge < -0.3 is 13.7 Å². The van der Waals surface area contributed by atoms with Crippen LogP contribution in [0.25, 0.3) is 0 Å². The van der Waals surface area contributed by atoms with E-state index in [-0.39, 0.29) is 0 Å². The minimum absolute atomic E-state index is 0.856.